The molecule has 1 amide bonds. The number of benzene rings is 1. The molecule has 150 valence electrons. The number of rotatable bonds is 8. The summed E-state index contributed by atoms with van der Waals surface area (Å²) in [6, 6.07) is 8.44. The number of nitrogens with one attached hydrogen (secondary N) is 1. The zero-order valence-corrected chi connectivity index (χ0v) is 17.0. The van der Waals surface area contributed by atoms with E-state index in [1.165, 1.54) is 13.0 Å². The van der Waals surface area contributed by atoms with Crippen molar-refractivity contribution < 1.29 is 23.8 Å². The van der Waals surface area contributed by atoms with Crippen LogP contribution in [0.3, 0.4) is 0 Å². The first-order valence-corrected chi connectivity index (χ1v) is 9.07. The molecule has 0 fully saturated rings. The zero-order chi connectivity index (χ0) is 20.6. The van der Waals surface area contributed by atoms with Gasteiger partial charge in [-0.05, 0) is 51.8 Å². The highest BCUT2D eigenvalue weighted by molar-refractivity contribution is 5.81. The summed E-state index contributed by atoms with van der Waals surface area (Å²) in [5, 5.41) is 2.47. The summed E-state index contributed by atoms with van der Waals surface area (Å²) >= 11 is 0. The topological polar surface area (TPSA) is 73.9 Å². The van der Waals surface area contributed by atoms with Gasteiger partial charge < -0.3 is 19.5 Å². The molecule has 1 aromatic rings. The molecule has 0 unspecified atom stereocenters. The lowest BCUT2D eigenvalue weighted by molar-refractivity contribution is -0.153. The van der Waals surface area contributed by atoms with Gasteiger partial charge in [-0.15, -0.1) is 0 Å². The summed E-state index contributed by atoms with van der Waals surface area (Å²) < 4.78 is 16.7. The Morgan fingerprint density at radius 2 is 1.70 bits per heavy atom. The fourth-order valence-corrected chi connectivity index (χ4v) is 2.27. The average Bonchev–Trinajstić information content (AvgIpc) is 2.56. The SMILES string of the molecule is C=C[C@H](OC(=O)[C@H](C)NC(=O)OC(C)(C)C)[C@H](Oc1ccccc1)C(C)C. The number of amides is 1. The van der Waals surface area contributed by atoms with Gasteiger partial charge in [-0.25, -0.2) is 9.59 Å². The summed E-state index contributed by atoms with van der Waals surface area (Å²) in [5.41, 5.74) is -0.649. The number of alkyl carbamates (subject to hydrolysis) is 1. The minimum Gasteiger partial charge on any atom is -0.486 e. The van der Waals surface area contributed by atoms with Crippen LogP contribution < -0.4 is 10.1 Å². The quantitative estimate of drug-likeness (QED) is 0.545. The van der Waals surface area contributed by atoms with Crippen molar-refractivity contribution in [2.75, 3.05) is 0 Å². The minimum absolute atomic E-state index is 0.0649. The number of hydrogen-bond donors (Lipinski definition) is 1. The predicted octanol–water partition coefficient (Wildman–Crippen LogP) is 4.10. The van der Waals surface area contributed by atoms with Crippen molar-refractivity contribution in [2.45, 2.75) is 65.4 Å². The van der Waals surface area contributed by atoms with Gasteiger partial charge in [0.15, 0.2) is 6.10 Å². The average molecular weight is 377 g/mol. The molecule has 27 heavy (non-hydrogen) atoms. The highest BCUT2D eigenvalue weighted by Crippen LogP contribution is 2.20. The molecule has 1 aromatic carbocycles. The molecule has 6 heteroatoms. The molecule has 0 heterocycles. The van der Waals surface area contributed by atoms with Gasteiger partial charge in [-0.3, -0.25) is 0 Å². The van der Waals surface area contributed by atoms with Crippen LogP contribution in [0, 0.1) is 5.92 Å². The van der Waals surface area contributed by atoms with Crippen LogP contribution in [0.25, 0.3) is 0 Å². The van der Waals surface area contributed by atoms with E-state index in [0.717, 1.165) is 0 Å². The third-order valence-electron chi connectivity index (χ3n) is 3.57. The molecule has 1 rings (SSSR count). The Bertz CT molecular complexity index is 621. The van der Waals surface area contributed by atoms with E-state index < -0.39 is 35.9 Å². The highest BCUT2D eigenvalue weighted by atomic mass is 16.6. The Morgan fingerprint density at radius 3 is 2.19 bits per heavy atom. The van der Waals surface area contributed by atoms with Gasteiger partial charge in [0.2, 0.25) is 0 Å². The van der Waals surface area contributed by atoms with E-state index >= 15 is 0 Å². The van der Waals surface area contributed by atoms with Crippen molar-refractivity contribution in [1.29, 1.82) is 0 Å². The Kier molecular flexibility index (Phi) is 8.34. The van der Waals surface area contributed by atoms with Gasteiger partial charge >= 0.3 is 12.1 Å². The fraction of sp³-hybridized carbons (Fsp3) is 0.524. The number of hydrogen-bond acceptors (Lipinski definition) is 5. The minimum atomic E-state index is -0.869. The maximum absolute atomic E-state index is 12.4. The Balaban J connectivity index is 2.74. The second-order valence-electron chi connectivity index (χ2n) is 7.64. The van der Waals surface area contributed by atoms with Gasteiger partial charge in [0.1, 0.15) is 23.5 Å². The molecule has 0 aromatic heterocycles. The lowest BCUT2D eigenvalue weighted by atomic mass is 10.0. The molecule has 1 N–H and O–H groups in total. The van der Waals surface area contributed by atoms with Crippen LogP contribution in [-0.4, -0.2) is 35.9 Å². The van der Waals surface area contributed by atoms with Crippen LogP contribution in [-0.2, 0) is 14.3 Å². The van der Waals surface area contributed by atoms with E-state index in [9.17, 15) is 9.59 Å². The highest BCUT2D eigenvalue weighted by Gasteiger charge is 2.30. The van der Waals surface area contributed by atoms with Crippen molar-refractivity contribution in [2.24, 2.45) is 5.92 Å². The maximum Gasteiger partial charge on any atom is 0.408 e. The van der Waals surface area contributed by atoms with Crippen molar-refractivity contribution in [3.63, 3.8) is 0 Å². The van der Waals surface area contributed by atoms with E-state index in [2.05, 4.69) is 11.9 Å². The van der Waals surface area contributed by atoms with Crippen molar-refractivity contribution in [3.8, 4) is 5.75 Å². The molecule has 0 bridgehead atoms. The second-order valence-corrected chi connectivity index (χ2v) is 7.64. The molecule has 0 saturated heterocycles. The molecule has 6 nitrogen and oxygen atoms in total. The first-order chi connectivity index (χ1) is 12.5. The number of carbonyl (C=O) groups excluding carboxylic acids is 2. The summed E-state index contributed by atoms with van der Waals surface area (Å²) in [7, 11) is 0. The lowest BCUT2D eigenvalue weighted by Gasteiger charge is -2.29. The van der Waals surface area contributed by atoms with Gasteiger partial charge in [0, 0.05) is 0 Å². The third kappa shape index (κ3) is 8.15. The molecule has 0 spiro atoms. The van der Waals surface area contributed by atoms with Crippen LogP contribution in [0.5, 0.6) is 5.75 Å². The van der Waals surface area contributed by atoms with Gasteiger partial charge in [0.05, 0.1) is 0 Å². The van der Waals surface area contributed by atoms with Gasteiger partial charge in [0.25, 0.3) is 0 Å². The van der Waals surface area contributed by atoms with Crippen LogP contribution >= 0.6 is 0 Å². The second kappa shape index (κ2) is 10.00. The lowest BCUT2D eigenvalue weighted by Crippen LogP contribution is -2.45. The summed E-state index contributed by atoms with van der Waals surface area (Å²) in [6.07, 6.45) is -0.225. The third-order valence-corrected chi connectivity index (χ3v) is 3.57. The van der Waals surface area contributed by atoms with Crippen molar-refractivity contribution >= 4 is 12.1 Å². The number of esters is 1. The molecule has 0 aliphatic carbocycles. The largest absolute Gasteiger partial charge is 0.486 e. The Morgan fingerprint density at radius 1 is 1.11 bits per heavy atom. The Hall–Kier alpha value is -2.50. The molecule has 0 radical (unpaired) electrons. The smallest absolute Gasteiger partial charge is 0.408 e. The maximum atomic E-state index is 12.4. The summed E-state index contributed by atoms with van der Waals surface area (Å²) in [5.74, 6) is 0.155. The first kappa shape index (κ1) is 22.5. The Labute approximate surface area is 161 Å². The van der Waals surface area contributed by atoms with E-state index in [-0.39, 0.29) is 5.92 Å². The van der Waals surface area contributed by atoms with Crippen LogP contribution in [0.1, 0.15) is 41.5 Å². The molecule has 0 aliphatic heterocycles. The number of carbonyl (C=O) groups is 2. The van der Waals surface area contributed by atoms with Gasteiger partial charge in [-0.2, -0.15) is 0 Å². The predicted molar refractivity (Wildman–Crippen MR) is 105 cm³/mol. The molecule has 3 atom stereocenters. The van der Waals surface area contributed by atoms with Crippen molar-refractivity contribution in [3.05, 3.63) is 43.0 Å². The molecule has 0 aliphatic rings. The molecular formula is C21H31NO5. The summed E-state index contributed by atoms with van der Waals surface area (Å²) in [4.78, 5) is 24.2. The monoisotopic (exact) mass is 377 g/mol. The number of ether oxygens (including phenoxy) is 3. The van der Waals surface area contributed by atoms with Crippen LogP contribution in [0.15, 0.2) is 43.0 Å². The molecule has 0 saturated carbocycles. The summed E-state index contributed by atoms with van der Waals surface area (Å²) in [6.45, 7) is 14.5. The normalized spacial score (nSPS) is 14.6. The van der Waals surface area contributed by atoms with E-state index in [4.69, 9.17) is 14.2 Å². The zero-order valence-electron chi connectivity index (χ0n) is 17.0. The van der Waals surface area contributed by atoms with Crippen LogP contribution in [0.4, 0.5) is 4.79 Å². The fourth-order valence-electron chi connectivity index (χ4n) is 2.27. The first-order valence-electron chi connectivity index (χ1n) is 9.07. The van der Waals surface area contributed by atoms with E-state index in [1.54, 1.807) is 20.8 Å². The van der Waals surface area contributed by atoms with E-state index in [1.807, 2.05) is 44.2 Å². The van der Waals surface area contributed by atoms with Gasteiger partial charge in [-0.1, -0.05) is 38.6 Å². The van der Waals surface area contributed by atoms with Crippen LogP contribution in [0.2, 0.25) is 0 Å². The number of para-hydroxylation sites is 1. The van der Waals surface area contributed by atoms with Crippen molar-refractivity contribution in [1.82, 2.24) is 5.32 Å². The standard InChI is InChI=1S/C21H31NO5/c1-8-17(18(14(2)3)25-16-12-10-9-11-13-16)26-19(23)15(4)22-20(24)27-21(5,6)7/h8-15,17-18H,1H2,2-7H3,(H,22,24)/t15-,17-,18+/m0/s1. The molecular weight excluding hydrogens is 346 g/mol. The van der Waals surface area contributed by atoms with E-state index in [0.29, 0.717) is 5.75 Å².